The molecule has 0 fully saturated rings. The van der Waals surface area contributed by atoms with Crippen LogP contribution in [-0.4, -0.2) is 25.7 Å². The topological polar surface area (TPSA) is 113 Å². The second-order valence-electron chi connectivity index (χ2n) is 4.70. The Morgan fingerprint density at radius 2 is 2.00 bits per heavy atom. The van der Waals surface area contributed by atoms with Crippen molar-refractivity contribution >= 4 is 22.9 Å². The van der Waals surface area contributed by atoms with E-state index in [2.05, 4.69) is 20.4 Å². The van der Waals surface area contributed by atoms with E-state index in [0.29, 0.717) is 5.95 Å². The van der Waals surface area contributed by atoms with E-state index in [4.69, 9.17) is 0 Å². The van der Waals surface area contributed by atoms with Crippen molar-refractivity contribution in [1.29, 1.82) is 0 Å². The van der Waals surface area contributed by atoms with Crippen LogP contribution in [0.4, 0.5) is 5.95 Å². The van der Waals surface area contributed by atoms with Crippen LogP contribution in [0.3, 0.4) is 0 Å². The molecule has 22 heavy (non-hydrogen) atoms. The minimum absolute atomic E-state index is 0.0386. The lowest BCUT2D eigenvalue weighted by Crippen LogP contribution is -2.29. The number of hydrogen-bond donors (Lipinski definition) is 3. The number of aromatic nitrogens is 4. The third-order valence-electron chi connectivity index (χ3n) is 3.10. The SMILES string of the molecule is O=C(CCn1[nH]c(=O)ccc1=O)Nc1nc2ccccc2[nH]1. The largest absolute Gasteiger partial charge is 0.324 e. The van der Waals surface area contributed by atoms with Crippen molar-refractivity contribution in [3.63, 3.8) is 0 Å². The first-order chi connectivity index (χ1) is 10.6. The number of aromatic amines is 2. The molecule has 0 saturated carbocycles. The fraction of sp³-hybridized carbons (Fsp3) is 0.143. The number of para-hydroxylation sites is 2. The molecule has 2 heterocycles. The molecule has 0 unspecified atom stereocenters. The molecule has 2 aromatic heterocycles. The van der Waals surface area contributed by atoms with Gasteiger partial charge in [-0.25, -0.2) is 9.67 Å². The highest BCUT2D eigenvalue weighted by atomic mass is 16.2. The summed E-state index contributed by atoms with van der Waals surface area (Å²) in [5.41, 5.74) is 0.816. The summed E-state index contributed by atoms with van der Waals surface area (Å²) in [5, 5.41) is 4.98. The number of imidazole rings is 1. The van der Waals surface area contributed by atoms with Crippen molar-refractivity contribution in [3.8, 4) is 0 Å². The van der Waals surface area contributed by atoms with Crippen LogP contribution in [0.5, 0.6) is 0 Å². The summed E-state index contributed by atoms with van der Waals surface area (Å²) in [7, 11) is 0. The zero-order chi connectivity index (χ0) is 15.5. The maximum atomic E-state index is 11.9. The maximum absolute atomic E-state index is 11.9. The molecule has 3 rings (SSSR count). The summed E-state index contributed by atoms with van der Waals surface area (Å²) < 4.78 is 1.10. The van der Waals surface area contributed by atoms with Gasteiger partial charge in [-0.05, 0) is 12.1 Å². The predicted molar refractivity (Wildman–Crippen MR) is 80.7 cm³/mol. The molecule has 1 aromatic carbocycles. The highest BCUT2D eigenvalue weighted by Crippen LogP contribution is 2.13. The predicted octanol–water partition coefficient (Wildman–Crippen LogP) is 0.442. The molecule has 0 saturated heterocycles. The number of carbonyl (C=O) groups is 1. The number of hydrogen-bond acceptors (Lipinski definition) is 4. The van der Waals surface area contributed by atoms with Gasteiger partial charge in [-0.2, -0.15) is 0 Å². The summed E-state index contributed by atoms with van der Waals surface area (Å²) in [6.07, 6.45) is 0.0386. The van der Waals surface area contributed by atoms with Gasteiger partial charge < -0.3 is 4.98 Å². The fourth-order valence-electron chi connectivity index (χ4n) is 2.05. The van der Waals surface area contributed by atoms with Gasteiger partial charge in [0.1, 0.15) is 0 Å². The lowest BCUT2D eigenvalue weighted by Gasteiger charge is -2.04. The summed E-state index contributed by atoms with van der Waals surface area (Å²) >= 11 is 0. The second kappa shape index (κ2) is 5.68. The van der Waals surface area contributed by atoms with Crippen LogP contribution < -0.4 is 16.4 Å². The number of nitrogens with zero attached hydrogens (tertiary/aromatic N) is 2. The minimum atomic E-state index is -0.391. The van der Waals surface area contributed by atoms with Gasteiger partial charge in [-0.1, -0.05) is 12.1 Å². The van der Waals surface area contributed by atoms with E-state index >= 15 is 0 Å². The van der Waals surface area contributed by atoms with Gasteiger partial charge in [-0.15, -0.1) is 0 Å². The molecule has 0 spiro atoms. The monoisotopic (exact) mass is 299 g/mol. The number of rotatable bonds is 4. The Bertz CT molecular complexity index is 904. The fourth-order valence-corrected chi connectivity index (χ4v) is 2.05. The van der Waals surface area contributed by atoms with Gasteiger partial charge in [0.25, 0.3) is 11.1 Å². The van der Waals surface area contributed by atoms with Crippen molar-refractivity contribution in [2.24, 2.45) is 0 Å². The molecule has 0 radical (unpaired) electrons. The lowest BCUT2D eigenvalue weighted by molar-refractivity contribution is -0.116. The molecular weight excluding hydrogens is 286 g/mol. The molecule has 1 amide bonds. The van der Waals surface area contributed by atoms with Gasteiger partial charge in [0.05, 0.1) is 17.6 Å². The molecule has 3 N–H and O–H groups in total. The summed E-state index contributed by atoms with van der Waals surface area (Å²) in [5.74, 6) is 0.0377. The first kappa shape index (κ1) is 13.8. The molecule has 3 aromatic rings. The molecular formula is C14H13N5O3. The normalized spacial score (nSPS) is 10.7. The molecule has 0 aliphatic heterocycles. The van der Waals surface area contributed by atoms with Crippen molar-refractivity contribution in [3.05, 3.63) is 57.1 Å². The van der Waals surface area contributed by atoms with Gasteiger partial charge >= 0.3 is 0 Å². The number of H-pyrrole nitrogens is 2. The van der Waals surface area contributed by atoms with Crippen LogP contribution >= 0.6 is 0 Å². The van der Waals surface area contributed by atoms with E-state index in [0.717, 1.165) is 27.8 Å². The maximum Gasteiger partial charge on any atom is 0.265 e. The van der Waals surface area contributed by atoms with Gasteiger partial charge in [0.2, 0.25) is 11.9 Å². The molecule has 0 atom stereocenters. The highest BCUT2D eigenvalue weighted by molar-refractivity contribution is 5.90. The zero-order valence-electron chi connectivity index (χ0n) is 11.5. The van der Waals surface area contributed by atoms with Crippen LogP contribution in [0.2, 0.25) is 0 Å². The molecule has 8 nitrogen and oxygen atoms in total. The van der Waals surface area contributed by atoms with E-state index in [1.54, 1.807) is 0 Å². The van der Waals surface area contributed by atoms with Gasteiger partial charge in [-0.3, -0.25) is 24.8 Å². The summed E-state index contributed by atoms with van der Waals surface area (Å²) in [6, 6.07) is 9.71. The number of fused-ring (bicyclic) bond motifs is 1. The summed E-state index contributed by atoms with van der Waals surface area (Å²) in [6.45, 7) is 0.0843. The van der Waals surface area contributed by atoms with Crippen LogP contribution in [0, 0.1) is 0 Å². The Morgan fingerprint density at radius 1 is 1.18 bits per heavy atom. The van der Waals surface area contributed by atoms with E-state index in [1.165, 1.54) is 0 Å². The number of aryl methyl sites for hydroxylation is 1. The van der Waals surface area contributed by atoms with Crippen molar-refractivity contribution < 1.29 is 4.79 Å². The average Bonchev–Trinajstić information content (AvgIpc) is 2.90. The lowest BCUT2D eigenvalue weighted by atomic mass is 10.3. The van der Waals surface area contributed by atoms with Crippen LogP contribution in [-0.2, 0) is 11.3 Å². The van der Waals surface area contributed by atoms with E-state index in [9.17, 15) is 14.4 Å². The smallest absolute Gasteiger partial charge is 0.265 e. The number of carbonyl (C=O) groups excluding carboxylic acids is 1. The number of anilines is 1. The number of nitrogens with one attached hydrogen (secondary N) is 3. The average molecular weight is 299 g/mol. The van der Waals surface area contributed by atoms with Crippen LogP contribution in [0.1, 0.15) is 6.42 Å². The Kier molecular flexibility index (Phi) is 3.57. The van der Waals surface area contributed by atoms with Crippen molar-refractivity contribution in [1.82, 2.24) is 19.7 Å². The Balaban J connectivity index is 1.66. The molecule has 112 valence electrons. The summed E-state index contributed by atoms with van der Waals surface area (Å²) in [4.78, 5) is 41.7. The standard InChI is InChI=1S/C14H13N5O3/c20-11(7-8-19-13(22)6-5-12(21)18-19)17-14-15-9-3-1-2-4-10(9)16-14/h1-6H,7-8H2,(H,18,21)(H2,15,16,17,20). The van der Waals surface area contributed by atoms with E-state index in [-0.39, 0.29) is 24.4 Å². The third-order valence-corrected chi connectivity index (χ3v) is 3.10. The number of benzene rings is 1. The van der Waals surface area contributed by atoms with Crippen LogP contribution in [0.25, 0.3) is 11.0 Å². The second-order valence-corrected chi connectivity index (χ2v) is 4.70. The van der Waals surface area contributed by atoms with Crippen molar-refractivity contribution in [2.45, 2.75) is 13.0 Å². The number of amides is 1. The highest BCUT2D eigenvalue weighted by Gasteiger charge is 2.07. The Labute approximate surface area is 123 Å². The Hall–Kier alpha value is -3.16. The van der Waals surface area contributed by atoms with E-state index in [1.807, 2.05) is 24.3 Å². The molecule has 0 aliphatic carbocycles. The molecule has 8 heteroatoms. The van der Waals surface area contributed by atoms with Crippen molar-refractivity contribution in [2.75, 3.05) is 5.32 Å². The van der Waals surface area contributed by atoms with Crippen LogP contribution in [0.15, 0.2) is 46.0 Å². The van der Waals surface area contributed by atoms with Gasteiger partial charge in [0, 0.05) is 18.6 Å². The molecule has 0 aliphatic rings. The van der Waals surface area contributed by atoms with Gasteiger partial charge in [0.15, 0.2) is 0 Å². The Morgan fingerprint density at radius 3 is 2.82 bits per heavy atom. The third kappa shape index (κ3) is 2.95. The molecule has 0 bridgehead atoms. The first-order valence-electron chi connectivity index (χ1n) is 6.66. The quantitative estimate of drug-likeness (QED) is 0.648. The zero-order valence-corrected chi connectivity index (χ0v) is 11.5. The first-order valence-corrected chi connectivity index (χ1v) is 6.66. The minimum Gasteiger partial charge on any atom is -0.324 e. The van der Waals surface area contributed by atoms with E-state index < -0.39 is 5.56 Å².